The normalized spacial score (nSPS) is 11.6. The molecule has 2 rings (SSSR count). The van der Waals surface area contributed by atoms with E-state index in [1.807, 2.05) is 20.8 Å². The van der Waals surface area contributed by atoms with Crippen LogP contribution in [-0.4, -0.2) is 18.2 Å². The van der Waals surface area contributed by atoms with E-state index < -0.39 is 10.0 Å². The van der Waals surface area contributed by atoms with Crippen LogP contribution in [0.1, 0.15) is 24.5 Å². The summed E-state index contributed by atoms with van der Waals surface area (Å²) in [6, 6.07) is 6.74. The van der Waals surface area contributed by atoms with Gasteiger partial charge in [-0.1, -0.05) is 13.0 Å². The van der Waals surface area contributed by atoms with Crippen LogP contribution in [0.4, 0.5) is 5.82 Å². The van der Waals surface area contributed by atoms with Crippen LogP contribution in [0.5, 0.6) is 0 Å². The van der Waals surface area contributed by atoms with Crippen molar-refractivity contribution in [3.63, 3.8) is 0 Å². The molecule has 0 saturated heterocycles. The lowest BCUT2D eigenvalue weighted by atomic mass is 10.1. The molecule has 1 N–H and O–H groups in total. The summed E-state index contributed by atoms with van der Waals surface area (Å²) in [6.07, 6.45) is 2.72. The van der Waals surface area contributed by atoms with E-state index in [1.54, 1.807) is 35.1 Å². The highest BCUT2D eigenvalue weighted by Gasteiger charge is 2.16. The lowest BCUT2D eigenvalue weighted by molar-refractivity contribution is 0.597. The van der Waals surface area contributed by atoms with Crippen molar-refractivity contribution < 1.29 is 8.42 Å². The lowest BCUT2D eigenvalue weighted by Crippen LogP contribution is -2.14. The van der Waals surface area contributed by atoms with Crippen molar-refractivity contribution in [3.8, 4) is 0 Å². The molecular formula is C14H19N3O2S. The second-order valence-electron chi connectivity index (χ2n) is 4.82. The summed E-state index contributed by atoms with van der Waals surface area (Å²) in [5, 5.41) is 4.18. The zero-order valence-electron chi connectivity index (χ0n) is 11.9. The molecular weight excluding hydrogens is 274 g/mol. The van der Waals surface area contributed by atoms with Crippen LogP contribution in [-0.2, 0) is 16.6 Å². The number of aromatic nitrogens is 2. The Kier molecular flexibility index (Phi) is 4.13. The molecule has 108 valence electrons. The van der Waals surface area contributed by atoms with Gasteiger partial charge >= 0.3 is 0 Å². The number of hydrogen-bond donors (Lipinski definition) is 1. The van der Waals surface area contributed by atoms with Crippen LogP contribution in [0.3, 0.4) is 0 Å². The molecule has 0 fully saturated rings. The molecule has 6 heteroatoms. The first kappa shape index (κ1) is 14.6. The molecule has 1 aromatic carbocycles. The van der Waals surface area contributed by atoms with Gasteiger partial charge < -0.3 is 0 Å². The third kappa shape index (κ3) is 3.19. The second kappa shape index (κ2) is 5.66. The third-order valence-electron chi connectivity index (χ3n) is 3.12. The Morgan fingerprint density at radius 1 is 1.20 bits per heavy atom. The summed E-state index contributed by atoms with van der Waals surface area (Å²) in [5.74, 6) is 0.344. The zero-order chi connectivity index (χ0) is 14.8. The fraction of sp³-hybridized carbons (Fsp3) is 0.357. The van der Waals surface area contributed by atoms with Gasteiger partial charge in [-0.05, 0) is 43.5 Å². The van der Waals surface area contributed by atoms with Gasteiger partial charge in [0.25, 0.3) is 10.0 Å². The van der Waals surface area contributed by atoms with E-state index in [0.717, 1.165) is 24.1 Å². The predicted octanol–water partition coefficient (Wildman–Crippen LogP) is 2.71. The van der Waals surface area contributed by atoms with E-state index in [9.17, 15) is 8.42 Å². The van der Waals surface area contributed by atoms with Gasteiger partial charge in [-0.15, -0.1) is 0 Å². The highest BCUT2D eigenvalue weighted by Crippen LogP contribution is 2.17. The predicted molar refractivity (Wildman–Crippen MR) is 79.2 cm³/mol. The first-order valence-corrected chi connectivity index (χ1v) is 8.04. The molecule has 0 aliphatic heterocycles. The monoisotopic (exact) mass is 293 g/mol. The van der Waals surface area contributed by atoms with Gasteiger partial charge in [0.05, 0.1) is 4.90 Å². The maximum Gasteiger partial charge on any atom is 0.263 e. The molecule has 0 aliphatic rings. The molecule has 5 nitrogen and oxygen atoms in total. The van der Waals surface area contributed by atoms with Crippen molar-refractivity contribution in [3.05, 3.63) is 41.6 Å². The van der Waals surface area contributed by atoms with Crippen LogP contribution in [0.25, 0.3) is 0 Å². The first-order chi connectivity index (χ1) is 9.42. The lowest BCUT2D eigenvalue weighted by Gasteiger charge is -2.07. The average molecular weight is 293 g/mol. The Labute approximate surface area is 119 Å². The van der Waals surface area contributed by atoms with E-state index in [0.29, 0.717) is 5.82 Å². The van der Waals surface area contributed by atoms with Crippen molar-refractivity contribution in [2.75, 3.05) is 4.72 Å². The van der Waals surface area contributed by atoms with Gasteiger partial charge in [-0.2, -0.15) is 5.10 Å². The number of sulfonamides is 1. The van der Waals surface area contributed by atoms with E-state index in [1.165, 1.54) is 0 Å². The van der Waals surface area contributed by atoms with Gasteiger partial charge in [0, 0.05) is 18.8 Å². The molecule has 0 aliphatic carbocycles. The topological polar surface area (TPSA) is 64.0 Å². The molecule has 2 aromatic rings. The number of anilines is 1. The third-order valence-corrected chi connectivity index (χ3v) is 4.47. The number of rotatable bonds is 5. The van der Waals surface area contributed by atoms with Gasteiger partial charge in [0.2, 0.25) is 0 Å². The molecule has 0 unspecified atom stereocenters. The van der Waals surface area contributed by atoms with E-state index in [4.69, 9.17) is 0 Å². The minimum atomic E-state index is -3.58. The Morgan fingerprint density at radius 3 is 2.60 bits per heavy atom. The Balaban J connectivity index is 2.23. The number of benzene rings is 1. The largest absolute Gasteiger partial charge is 0.271 e. The average Bonchev–Trinajstić information content (AvgIpc) is 2.79. The maximum absolute atomic E-state index is 12.3. The summed E-state index contributed by atoms with van der Waals surface area (Å²) >= 11 is 0. The summed E-state index contributed by atoms with van der Waals surface area (Å²) in [6.45, 7) is 6.65. The summed E-state index contributed by atoms with van der Waals surface area (Å²) in [4.78, 5) is 0.255. The van der Waals surface area contributed by atoms with Crippen LogP contribution in [0, 0.1) is 13.8 Å². The Hall–Kier alpha value is -1.82. The van der Waals surface area contributed by atoms with Gasteiger partial charge in [0.1, 0.15) is 0 Å². The van der Waals surface area contributed by atoms with Gasteiger partial charge in [-0.25, -0.2) is 8.42 Å². The van der Waals surface area contributed by atoms with Crippen LogP contribution in [0.15, 0.2) is 35.4 Å². The maximum atomic E-state index is 12.3. The molecule has 0 radical (unpaired) electrons. The zero-order valence-corrected chi connectivity index (χ0v) is 12.7. The van der Waals surface area contributed by atoms with Crippen LogP contribution in [0.2, 0.25) is 0 Å². The molecule has 0 atom stereocenters. The molecule has 0 spiro atoms. The molecule has 20 heavy (non-hydrogen) atoms. The van der Waals surface area contributed by atoms with Crippen molar-refractivity contribution in [2.24, 2.45) is 0 Å². The minimum absolute atomic E-state index is 0.255. The fourth-order valence-electron chi connectivity index (χ4n) is 1.85. The minimum Gasteiger partial charge on any atom is -0.271 e. The van der Waals surface area contributed by atoms with E-state index in [2.05, 4.69) is 9.82 Å². The fourth-order valence-corrected chi connectivity index (χ4v) is 2.93. The molecule has 0 bridgehead atoms. The van der Waals surface area contributed by atoms with Gasteiger partial charge in [-0.3, -0.25) is 9.40 Å². The highest BCUT2D eigenvalue weighted by molar-refractivity contribution is 7.92. The van der Waals surface area contributed by atoms with E-state index in [-0.39, 0.29) is 4.90 Å². The smallest absolute Gasteiger partial charge is 0.263 e. The second-order valence-corrected chi connectivity index (χ2v) is 6.50. The van der Waals surface area contributed by atoms with Crippen molar-refractivity contribution >= 4 is 15.8 Å². The molecule has 1 aromatic heterocycles. The van der Waals surface area contributed by atoms with Gasteiger partial charge in [0.15, 0.2) is 5.82 Å². The molecule has 1 heterocycles. The molecule has 0 amide bonds. The summed E-state index contributed by atoms with van der Waals surface area (Å²) < 4.78 is 28.8. The molecule has 0 saturated carbocycles. The SMILES string of the molecule is CCCn1ccc(NS(=O)(=O)c2ccc(C)c(C)c2)n1. The van der Waals surface area contributed by atoms with Crippen LogP contribution < -0.4 is 4.72 Å². The summed E-state index contributed by atoms with van der Waals surface area (Å²) in [7, 11) is -3.58. The number of nitrogens with zero attached hydrogens (tertiary/aromatic N) is 2. The van der Waals surface area contributed by atoms with Crippen molar-refractivity contribution in [2.45, 2.75) is 38.6 Å². The van der Waals surface area contributed by atoms with Crippen molar-refractivity contribution in [1.82, 2.24) is 9.78 Å². The Bertz CT molecular complexity index is 705. The van der Waals surface area contributed by atoms with Crippen molar-refractivity contribution in [1.29, 1.82) is 0 Å². The van der Waals surface area contributed by atoms with E-state index >= 15 is 0 Å². The summed E-state index contributed by atoms with van der Waals surface area (Å²) in [5.41, 5.74) is 2.01. The standard InChI is InChI=1S/C14H19N3O2S/c1-4-8-17-9-7-14(15-17)16-20(18,19)13-6-5-11(2)12(3)10-13/h5-7,9-10H,4,8H2,1-3H3,(H,15,16). The highest BCUT2D eigenvalue weighted by atomic mass is 32.2. The quantitative estimate of drug-likeness (QED) is 0.922. The first-order valence-electron chi connectivity index (χ1n) is 6.56. The Morgan fingerprint density at radius 2 is 1.95 bits per heavy atom. The number of hydrogen-bond acceptors (Lipinski definition) is 3. The number of nitrogens with one attached hydrogen (secondary N) is 1. The van der Waals surface area contributed by atoms with Crippen LogP contribution >= 0.6 is 0 Å². The number of aryl methyl sites for hydroxylation is 3.